The number of Topliss-reactive ketones (excluding diaryl/α,β-unsaturated/α-hetero) is 2. The third-order valence-corrected chi connectivity index (χ3v) is 3.90. The molecule has 1 N–H and O–H groups in total. The minimum Gasteiger partial charge on any atom is -0.352 e. The van der Waals surface area contributed by atoms with E-state index in [1.54, 1.807) is 27.7 Å². The number of nitrogens with one attached hydrogen (secondary N) is 1. The molecule has 0 atom stereocenters. The molecule has 1 aromatic rings. The molecule has 21 heavy (non-hydrogen) atoms. The zero-order valence-corrected chi connectivity index (χ0v) is 13.1. The molecule has 0 bridgehead atoms. The monoisotopic (exact) mass is 288 g/mol. The molecule has 112 valence electrons. The van der Waals surface area contributed by atoms with Gasteiger partial charge in [0, 0.05) is 18.4 Å². The number of hydrogen-bond acceptors (Lipinski definition) is 4. The lowest BCUT2D eigenvalue weighted by Gasteiger charge is -2.29. The molecule has 1 heterocycles. The largest absolute Gasteiger partial charge is 0.352 e. The lowest BCUT2D eigenvalue weighted by atomic mass is 9.73. The van der Waals surface area contributed by atoms with Crippen molar-refractivity contribution < 1.29 is 14.4 Å². The van der Waals surface area contributed by atoms with Gasteiger partial charge in [-0.15, -0.1) is 0 Å². The molecule has 0 radical (unpaired) electrons. The van der Waals surface area contributed by atoms with Crippen molar-refractivity contribution in [2.24, 2.45) is 5.41 Å². The predicted octanol–water partition coefficient (Wildman–Crippen LogP) is 2.24. The van der Waals surface area contributed by atoms with E-state index in [-0.39, 0.29) is 29.6 Å². The predicted molar refractivity (Wildman–Crippen MR) is 78.8 cm³/mol. The highest BCUT2D eigenvalue weighted by Crippen LogP contribution is 2.36. The number of fused-ring (bicyclic) bond motifs is 1. The molecule has 0 spiro atoms. The van der Waals surface area contributed by atoms with Gasteiger partial charge >= 0.3 is 0 Å². The van der Waals surface area contributed by atoms with Gasteiger partial charge < -0.3 is 5.32 Å². The Morgan fingerprint density at radius 2 is 1.90 bits per heavy atom. The van der Waals surface area contributed by atoms with Crippen molar-refractivity contribution in [3.05, 3.63) is 28.1 Å². The zero-order valence-electron chi connectivity index (χ0n) is 13.1. The second-order valence-corrected chi connectivity index (χ2v) is 6.09. The third-order valence-electron chi connectivity index (χ3n) is 3.90. The third kappa shape index (κ3) is 2.37. The summed E-state index contributed by atoms with van der Waals surface area (Å²) in [6, 6.07) is 0. The first kappa shape index (κ1) is 15.4. The number of aryl methyl sites for hydroxylation is 1. The van der Waals surface area contributed by atoms with E-state index in [9.17, 15) is 14.4 Å². The van der Waals surface area contributed by atoms with E-state index in [1.807, 2.05) is 6.92 Å². The van der Waals surface area contributed by atoms with E-state index < -0.39 is 5.41 Å². The molecular weight excluding hydrogens is 268 g/mol. The number of aromatic nitrogens is 1. The first-order chi connectivity index (χ1) is 9.70. The first-order valence-electron chi connectivity index (χ1n) is 7.08. The zero-order chi connectivity index (χ0) is 15.9. The second kappa shape index (κ2) is 5.06. The summed E-state index contributed by atoms with van der Waals surface area (Å²) in [6.45, 7) is 9.22. The highest BCUT2D eigenvalue weighted by Gasteiger charge is 2.41. The van der Waals surface area contributed by atoms with Crippen molar-refractivity contribution in [3.63, 3.8) is 0 Å². The van der Waals surface area contributed by atoms with Crippen LogP contribution in [0.4, 0.5) is 0 Å². The quantitative estimate of drug-likeness (QED) is 0.905. The Kier molecular flexibility index (Phi) is 3.70. The molecule has 1 aliphatic rings. The van der Waals surface area contributed by atoms with Crippen LogP contribution in [0, 0.1) is 19.3 Å². The number of hydrogen-bond donors (Lipinski definition) is 1. The molecule has 5 nitrogen and oxygen atoms in total. The molecule has 0 saturated heterocycles. The van der Waals surface area contributed by atoms with Crippen molar-refractivity contribution in [1.29, 1.82) is 0 Å². The molecule has 1 aromatic heterocycles. The molecule has 1 aliphatic carbocycles. The van der Waals surface area contributed by atoms with Crippen molar-refractivity contribution in [3.8, 4) is 0 Å². The van der Waals surface area contributed by atoms with Crippen molar-refractivity contribution in [1.82, 2.24) is 10.3 Å². The molecule has 1 amide bonds. The van der Waals surface area contributed by atoms with Crippen LogP contribution in [-0.4, -0.2) is 29.0 Å². The number of pyridine rings is 1. The summed E-state index contributed by atoms with van der Waals surface area (Å²) in [6.07, 6.45) is 0.152. The van der Waals surface area contributed by atoms with Gasteiger partial charge in [-0.3, -0.25) is 14.4 Å². The van der Waals surface area contributed by atoms with E-state index in [0.29, 0.717) is 28.9 Å². The topological polar surface area (TPSA) is 76.1 Å². The first-order valence-corrected chi connectivity index (χ1v) is 7.08. The molecule has 0 saturated carbocycles. The van der Waals surface area contributed by atoms with Crippen LogP contribution >= 0.6 is 0 Å². The summed E-state index contributed by atoms with van der Waals surface area (Å²) in [7, 11) is 0. The molecule has 0 aromatic carbocycles. The maximum Gasteiger partial charge on any atom is 0.253 e. The van der Waals surface area contributed by atoms with E-state index >= 15 is 0 Å². The summed E-state index contributed by atoms with van der Waals surface area (Å²) >= 11 is 0. The van der Waals surface area contributed by atoms with Gasteiger partial charge in [0.25, 0.3) is 5.91 Å². The Hall–Kier alpha value is -2.04. The Morgan fingerprint density at radius 3 is 2.48 bits per heavy atom. The summed E-state index contributed by atoms with van der Waals surface area (Å²) in [5, 5.41) is 2.72. The standard InChI is InChI=1S/C16H20N2O3/c1-6-17-15(21)11-8(2)12-10(19)7-16(4,5)14(20)13(12)18-9(11)3/h6-7H2,1-5H3,(H,17,21). The van der Waals surface area contributed by atoms with Gasteiger partial charge in [0.2, 0.25) is 0 Å². The maximum absolute atomic E-state index is 12.5. The summed E-state index contributed by atoms with van der Waals surface area (Å²) in [4.78, 5) is 41.3. The Bertz CT molecular complexity index is 660. The lowest BCUT2D eigenvalue weighted by molar-refractivity contribution is 0.0731. The smallest absolute Gasteiger partial charge is 0.253 e. The minimum absolute atomic E-state index is 0.120. The summed E-state index contributed by atoms with van der Waals surface area (Å²) in [5.41, 5.74) is 1.22. The fraction of sp³-hybridized carbons (Fsp3) is 0.500. The average molecular weight is 288 g/mol. The maximum atomic E-state index is 12.5. The van der Waals surface area contributed by atoms with Crippen LogP contribution in [0.1, 0.15) is 69.7 Å². The SMILES string of the molecule is CCNC(=O)c1c(C)nc2c(c1C)C(=O)CC(C)(C)C2=O. The molecular formula is C16H20N2O3. The van der Waals surface area contributed by atoms with Crippen LogP contribution in [0.25, 0.3) is 0 Å². The van der Waals surface area contributed by atoms with Crippen LogP contribution in [0.2, 0.25) is 0 Å². The minimum atomic E-state index is -0.733. The molecule has 0 unspecified atom stereocenters. The molecule has 5 heteroatoms. The van der Waals surface area contributed by atoms with Gasteiger partial charge in [0.1, 0.15) is 5.69 Å². The number of carbonyl (C=O) groups is 3. The van der Waals surface area contributed by atoms with Gasteiger partial charge in [-0.25, -0.2) is 4.98 Å². The van der Waals surface area contributed by atoms with E-state index in [4.69, 9.17) is 0 Å². The van der Waals surface area contributed by atoms with Crippen molar-refractivity contribution >= 4 is 17.5 Å². The van der Waals surface area contributed by atoms with Gasteiger partial charge in [0.15, 0.2) is 11.6 Å². The van der Waals surface area contributed by atoms with Crippen molar-refractivity contribution in [2.45, 2.75) is 41.0 Å². The average Bonchev–Trinajstić information content (AvgIpc) is 2.35. The number of nitrogens with zero attached hydrogens (tertiary/aromatic N) is 1. The number of carbonyl (C=O) groups excluding carboxylic acids is 3. The Balaban J connectivity index is 2.70. The van der Waals surface area contributed by atoms with E-state index in [1.165, 1.54) is 0 Å². The van der Waals surface area contributed by atoms with Gasteiger partial charge in [-0.1, -0.05) is 13.8 Å². The normalized spacial score (nSPS) is 16.6. The van der Waals surface area contributed by atoms with Crippen LogP contribution in [0.5, 0.6) is 0 Å². The Labute approximate surface area is 124 Å². The van der Waals surface area contributed by atoms with Crippen LogP contribution in [-0.2, 0) is 0 Å². The van der Waals surface area contributed by atoms with E-state index in [2.05, 4.69) is 10.3 Å². The number of amides is 1. The van der Waals surface area contributed by atoms with E-state index in [0.717, 1.165) is 0 Å². The lowest BCUT2D eigenvalue weighted by Crippen LogP contribution is -2.37. The van der Waals surface area contributed by atoms with Crippen LogP contribution < -0.4 is 5.32 Å². The Morgan fingerprint density at radius 1 is 1.29 bits per heavy atom. The van der Waals surface area contributed by atoms with Gasteiger partial charge in [-0.05, 0) is 26.3 Å². The van der Waals surface area contributed by atoms with Crippen LogP contribution in [0.3, 0.4) is 0 Å². The van der Waals surface area contributed by atoms with Gasteiger partial charge in [-0.2, -0.15) is 0 Å². The van der Waals surface area contributed by atoms with Crippen molar-refractivity contribution in [2.75, 3.05) is 6.54 Å². The fourth-order valence-electron chi connectivity index (χ4n) is 2.83. The fourth-order valence-corrected chi connectivity index (χ4v) is 2.83. The number of rotatable bonds is 2. The molecule has 2 rings (SSSR count). The second-order valence-electron chi connectivity index (χ2n) is 6.09. The number of ketones is 2. The summed E-state index contributed by atoms with van der Waals surface area (Å²) < 4.78 is 0. The molecule has 0 fully saturated rings. The van der Waals surface area contributed by atoms with Crippen LogP contribution in [0.15, 0.2) is 0 Å². The highest BCUT2D eigenvalue weighted by molar-refractivity contribution is 6.17. The highest BCUT2D eigenvalue weighted by atomic mass is 16.2. The van der Waals surface area contributed by atoms with Gasteiger partial charge in [0.05, 0.1) is 16.8 Å². The molecule has 0 aliphatic heterocycles. The summed E-state index contributed by atoms with van der Waals surface area (Å²) in [5.74, 6) is -0.510.